The highest BCUT2D eigenvalue weighted by Gasteiger charge is 2.28. The Morgan fingerprint density at radius 3 is 2.17 bits per heavy atom. The Labute approximate surface area is 105 Å². The highest BCUT2D eigenvalue weighted by Crippen LogP contribution is 2.03. The lowest BCUT2D eigenvalue weighted by Gasteiger charge is -2.27. The summed E-state index contributed by atoms with van der Waals surface area (Å²) >= 11 is 0. The van der Waals surface area contributed by atoms with Crippen LogP contribution in [0.4, 0.5) is 0 Å². The molecular formula is C13H17NO4. The monoisotopic (exact) mass is 251 g/mol. The van der Waals surface area contributed by atoms with E-state index in [9.17, 15) is 4.79 Å². The van der Waals surface area contributed by atoms with Gasteiger partial charge in [-0.3, -0.25) is 4.79 Å². The highest BCUT2D eigenvalue weighted by atomic mass is 16.3. The van der Waals surface area contributed by atoms with E-state index in [1.807, 2.05) is 30.3 Å². The van der Waals surface area contributed by atoms with Crippen LogP contribution < -0.4 is 5.32 Å². The van der Waals surface area contributed by atoms with Crippen LogP contribution in [-0.4, -0.2) is 46.6 Å². The minimum absolute atomic E-state index is 0.490. The lowest BCUT2D eigenvalue weighted by Crippen LogP contribution is -2.56. The molecule has 0 radical (unpaired) electrons. The number of carbonyl (C=O) groups excluding carboxylic acids is 1. The molecule has 4 N–H and O–H groups in total. The Morgan fingerprint density at radius 2 is 1.67 bits per heavy atom. The summed E-state index contributed by atoms with van der Waals surface area (Å²) in [5.41, 5.74) is -0.534. The summed E-state index contributed by atoms with van der Waals surface area (Å²) in [4.78, 5) is 11.6. The van der Waals surface area contributed by atoms with Crippen molar-refractivity contribution in [1.29, 1.82) is 0 Å². The van der Waals surface area contributed by atoms with Crippen molar-refractivity contribution in [3.05, 3.63) is 42.0 Å². The SMILES string of the molecule is O=C(/C=C/c1ccccc1)NC(CO)(CO)CO. The van der Waals surface area contributed by atoms with E-state index in [1.54, 1.807) is 6.08 Å². The first-order valence-corrected chi connectivity index (χ1v) is 5.53. The summed E-state index contributed by atoms with van der Waals surface area (Å²) in [7, 11) is 0. The molecule has 1 rings (SSSR count). The molecule has 0 bridgehead atoms. The van der Waals surface area contributed by atoms with Gasteiger partial charge < -0.3 is 20.6 Å². The summed E-state index contributed by atoms with van der Waals surface area (Å²) in [6.07, 6.45) is 2.89. The first kappa shape index (κ1) is 14.4. The second-order valence-corrected chi connectivity index (χ2v) is 3.99. The van der Waals surface area contributed by atoms with Gasteiger partial charge in [0.1, 0.15) is 5.54 Å². The third-order valence-electron chi connectivity index (χ3n) is 2.52. The molecule has 18 heavy (non-hydrogen) atoms. The van der Waals surface area contributed by atoms with Crippen LogP contribution in [0.1, 0.15) is 5.56 Å². The van der Waals surface area contributed by atoms with Gasteiger partial charge in [0.25, 0.3) is 0 Å². The van der Waals surface area contributed by atoms with Crippen LogP contribution in [0.25, 0.3) is 6.08 Å². The van der Waals surface area contributed by atoms with Crippen molar-refractivity contribution < 1.29 is 20.1 Å². The number of benzene rings is 1. The molecule has 0 aliphatic heterocycles. The van der Waals surface area contributed by atoms with Crippen molar-refractivity contribution in [3.63, 3.8) is 0 Å². The maximum absolute atomic E-state index is 11.6. The van der Waals surface area contributed by atoms with Crippen molar-refractivity contribution in [2.24, 2.45) is 0 Å². The zero-order valence-electron chi connectivity index (χ0n) is 9.91. The molecule has 0 fully saturated rings. The molecule has 0 atom stereocenters. The average molecular weight is 251 g/mol. The van der Waals surface area contributed by atoms with Crippen LogP contribution in [0.2, 0.25) is 0 Å². The first-order valence-electron chi connectivity index (χ1n) is 5.53. The number of hydrogen-bond donors (Lipinski definition) is 4. The van der Waals surface area contributed by atoms with Crippen LogP contribution in [0.3, 0.4) is 0 Å². The normalized spacial score (nSPS) is 11.7. The van der Waals surface area contributed by atoms with E-state index in [-0.39, 0.29) is 0 Å². The van der Waals surface area contributed by atoms with Gasteiger partial charge in [-0.2, -0.15) is 0 Å². The molecule has 1 aromatic rings. The molecule has 0 aliphatic rings. The molecule has 0 saturated carbocycles. The smallest absolute Gasteiger partial charge is 0.244 e. The van der Waals surface area contributed by atoms with E-state index in [0.717, 1.165) is 5.56 Å². The zero-order valence-corrected chi connectivity index (χ0v) is 9.91. The molecular weight excluding hydrogens is 234 g/mol. The number of rotatable bonds is 6. The Bertz CT molecular complexity index is 390. The van der Waals surface area contributed by atoms with Gasteiger partial charge in [-0.15, -0.1) is 0 Å². The molecule has 0 aliphatic carbocycles. The Kier molecular flexibility index (Phi) is 5.51. The van der Waals surface area contributed by atoms with Gasteiger partial charge in [0.15, 0.2) is 0 Å². The number of amides is 1. The van der Waals surface area contributed by atoms with Gasteiger partial charge in [0, 0.05) is 6.08 Å². The molecule has 98 valence electrons. The molecule has 1 amide bonds. The summed E-state index contributed by atoms with van der Waals surface area (Å²) in [5, 5.41) is 29.5. The summed E-state index contributed by atoms with van der Waals surface area (Å²) in [6.45, 7) is -1.61. The van der Waals surface area contributed by atoms with E-state index in [4.69, 9.17) is 15.3 Å². The van der Waals surface area contributed by atoms with Gasteiger partial charge in [0.05, 0.1) is 19.8 Å². The van der Waals surface area contributed by atoms with Crippen LogP contribution in [0.5, 0.6) is 0 Å². The molecule has 5 heteroatoms. The van der Waals surface area contributed by atoms with Crippen molar-refractivity contribution in [2.45, 2.75) is 5.54 Å². The van der Waals surface area contributed by atoms with E-state index < -0.39 is 31.3 Å². The molecule has 0 aromatic heterocycles. The molecule has 5 nitrogen and oxygen atoms in total. The van der Waals surface area contributed by atoms with Gasteiger partial charge in [-0.05, 0) is 11.6 Å². The minimum atomic E-state index is -1.39. The second kappa shape index (κ2) is 6.90. The van der Waals surface area contributed by atoms with Crippen LogP contribution in [0.15, 0.2) is 36.4 Å². The average Bonchev–Trinajstić information content (AvgIpc) is 2.44. The summed E-state index contributed by atoms with van der Waals surface area (Å²) in [6, 6.07) is 9.22. The molecule has 0 unspecified atom stereocenters. The van der Waals surface area contributed by atoms with E-state index >= 15 is 0 Å². The van der Waals surface area contributed by atoms with E-state index in [1.165, 1.54) is 6.08 Å². The lowest BCUT2D eigenvalue weighted by molar-refractivity contribution is -0.120. The van der Waals surface area contributed by atoms with Crippen LogP contribution >= 0.6 is 0 Å². The Balaban J connectivity index is 2.64. The fourth-order valence-corrected chi connectivity index (χ4v) is 1.31. The maximum Gasteiger partial charge on any atom is 0.244 e. The molecule has 0 saturated heterocycles. The zero-order chi connectivity index (χ0) is 13.4. The van der Waals surface area contributed by atoms with Crippen molar-refractivity contribution in [2.75, 3.05) is 19.8 Å². The van der Waals surface area contributed by atoms with E-state index in [2.05, 4.69) is 5.32 Å². The molecule has 1 aromatic carbocycles. The Hall–Kier alpha value is -1.69. The Morgan fingerprint density at radius 1 is 1.11 bits per heavy atom. The fourth-order valence-electron chi connectivity index (χ4n) is 1.31. The fraction of sp³-hybridized carbons (Fsp3) is 0.308. The van der Waals surface area contributed by atoms with Crippen LogP contribution in [0, 0.1) is 0 Å². The van der Waals surface area contributed by atoms with Gasteiger partial charge in [0.2, 0.25) is 5.91 Å². The summed E-state index contributed by atoms with van der Waals surface area (Å²) in [5.74, 6) is -0.490. The van der Waals surface area contributed by atoms with Gasteiger partial charge >= 0.3 is 0 Å². The largest absolute Gasteiger partial charge is 0.394 e. The van der Waals surface area contributed by atoms with Gasteiger partial charge in [-0.1, -0.05) is 30.3 Å². The first-order chi connectivity index (χ1) is 8.65. The van der Waals surface area contributed by atoms with Crippen LogP contribution in [-0.2, 0) is 4.79 Å². The maximum atomic E-state index is 11.6. The number of carbonyl (C=O) groups is 1. The van der Waals surface area contributed by atoms with E-state index in [0.29, 0.717) is 0 Å². The predicted molar refractivity (Wildman–Crippen MR) is 67.6 cm³/mol. The summed E-state index contributed by atoms with van der Waals surface area (Å²) < 4.78 is 0. The van der Waals surface area contributed by atoms with Gasteiger partial charge in [-0.25, -0.2) is 0 Å². The van der Waals surface area contributed by atoms with Crippen molar-refractivity contribution >= 4 is 12.0 Å². The second-order valence-electron chi connectivity index (χ2n) is 3.99. The molecule has 0 heterocycles. The number of aliphatic hydroxyl groups excluding tert-OH is 3. The highest BCUT2D eigenvalue weighted by molar-refractivity contribution is 5.92. The lowest BCUT2D eigenvalue weighted by atomic mass is 10.0. The quantitative estimate of drug-likeness (QED) is 0.515. The number of nitrogens with one attached hydrogen (secondary N) is 1. The number of hydrogen-bond acceptors (Lipinski definition) is 4. The molecule has 0 spiro atoms. The minimum Gasteiger partial charge on any atom is -0.394 e. The number of aliphatic hydroxyl groups is 3. The topological polar surface area (TPSA) is 89.8 Å². The van der Waals surface area contributed by atoms with Crippen molar-refractivity contribution in [3.8, 4) is 0 Å². The third-order valence-corrected chi connectivity index (χ3v) is 2.52. The third kappa shape index (κ3) is 3.96. The predicted octanol–water partition coefficient (Wildman–Crippen LogP) is -0.468. The standard InChI is InChI=1S/C13H17NO4/c15-8-13(9-16,10-17)14-12(18)7-6-11-4-2-1-3-5-11/h1-7,15-17H,8-10H2,(H,14,18)/b7-6+. The van der Waals surface area contributed by atoms with Crippen molar-refractivity contribution in [1.82, 2.24) is 5.32 Å².